The van der Waals surface area contributed by atoms with Gasteiger partial charge in [-0.3, -0.25) is 4.40 Å². The normalized spacial score (nSPS) is 10.8. The molecule has 3 rings (SSSR count). The van der Waals surface area contributed by atoms with E-state index in [-0.39, 0.29) is 12.3 Å². The maximum atomic E-state index is 13.0. The van der Waals surface area contributed by atoms with Gasteiger partial charge in [-0.25, -0.2) is 14.8 Å². The molecule has 0 aliphatic carbocycles. The minimum atomic E-state index is -0.578. The van der Waals surface area contributed by atoms with E-state index in [1.165, 1.54) is 12.3 Å². The Kier molecular flexibility index (Phi) is 3.35. The van der Waals surface area contributed by atoms with Gasteiger partial charge >= 0.3 is 5.97 Å². The number of carbonyl (C=O) groups excluding carboxylic acids is 1. The van der Waals surface area contributed by atoms with Crippen LogP contribution in [0.25, 0.3) is 16.9 Å². The number of ether oxygens (including phenoxy) is 1. The summed E-state index contributed by atoms with van der Waals surface area (Å²) in [5.74, 6) is -1.09. The molecule has 0 atom stereocenters. The maximum absolute atomic E-state index is 13.0. The molecule has 21 heavy (non-hydrogen) atoms. The van der Waals surface area contributed by atoms with Gasteiger partial charge < -0.3 is 4.74 Å². The van der Waals surface area contributed by atoms with Crippen molar-refractivity contribution in [2.24, 2.45) is 0 Å². The molecule has 0 saturated carbocycles. The molecular formula is C15H12FN3O2. The molecule has 0 spiro atoms. The van der Waals surface area contributed by atoms with E-state index in [1.54, 1.807) is 29.7 Å². The van der Waals surface area contributed by atoms with Gasteiger partial charge in [0.05, 0.1) is 12.3 Å². The molecular weight excluding hydrogens is 273 g/mol. The fourth-order valence-electron chi connectivity index (χ4n) is 2.13. The second-order valence-electron chi connectivity index (χ2n) is 4.33. The Bertz CT molecular complexity index is 796. The number of hydrogen-bond donors (Lipinski definition) is 0. The number of nitrogens with zero attached hydrogens (tertiary/aromatic N) is 3. The number of aromatic nitrogens is 3. The van der Waals surface area contributed by atoms with E-state index in [4.69, 9.17) is 4.74 Å². The smallest absolute Gasteiger partial charge is 0.359 e. The fourth-order valence-corrected chi connectivity index (χ4v) is 2.13. The van der Waals surface area contributed by atoms with Crippen molar-refractivity contribution >= 4 is 11.6 Å². The average Bonchev–Trinajstić information content (AvgIpc) is 2.88. The minimum absolute atomic E-state index is 0.191. The third-order valence-corrected chi connectivity index (χ3v) is 3.00. The van der Waals surface area contributed by atoms with Gasteiger partial charge in [0, 0.05) is 18.0 Å². The standard InChI is InChI=1S/C15H12FN3O2/c1-2-21-15(20)13-14(10-6-7-11(16)17-9-10)19-8-4-3-5-12(19)18-13/h3-9H,2H2,1H3. The third-order valence-electron chi connectivity index (χ3n) is 3.00. The zero-order chi connectivity index (χ0) is 14.8. The lowest BCUT2D eigenvalue weighted by Gasteiger charge is -2.04. The zero-order valence-electron chi connectivity index (χ0n) is 11.3. The summed E-state index contributed by atoms with van der Waals surface area (Å²) >= 11 is 0. The van der Waals surface area contributed by atoms with E-state index >= 15 is 0 Å². The summed E-state index contributed by atoms with van der Waals surface area (Å²) in [6, 6.07) is 8.23. The first-order valence-electron chi connectivity index (χ1n) is 6.47. The van der Waals surface area contributed by atoms with Gasteiger partial charge in [0.2, 0.25) is 5.95 Å². The summed E-state index contributed by atoms with van der Waals surface area (Å²) in [5, 5.41) is 0. The third kappa shape index (κ3) is 2.35. The number of pyridine rings is 2. The second kappa shape index (κ2) is 5.32. The van der Waals surface area contributed by atoms with Crippen LogP contribution in [0.15, 0.2) is 42.7 Å². The minimum Gasteiger partial charge on any atom is -0.461 e. The molecule has 0 fully saturated rings. The Morgan fingerprint density at radius 3 is 2.90 bits per heavy atom. The topological polar surface area (TPSA) is 56.5 Å². The summed E-state index contributed by atoms with van der Waals surface area (Å²) in [6.45, 7) is 1.99. The van der Waals surface area contributed by atoms with Crippen LogP contribution in [-0.2, 0) is 4.74 Å². The Balaban J connectivity index is 2.24. The lowest BCUT2D eigenvalue weighted by atomic mass is 10.1. The molecule has 3 heterocycles. The van der Waals surface area contributed by atoms with E-state index in [1.807, 2.05) is 12.1 Å². The van der Waals surface area contributed by atoms with Gasteiger partial charge in [0.15, 0.2) is 5.69 Å². The van der Waals surface area contributed by atoms with Crippen molar-refractivity contribution in [3.63, 3.8) is 0 Å². The van der Waals surface area contributed by atoms with Gasteiger partial charge in [0.25, 0.3) is 0 Å². The number of esters is 1. The quantitative estimate of drug-likeness (QED) is 0.548. The average molecular weight is 285 g/mol. The van der Waals surface area contributed by atoms with Gasteiger partial charge in [-0.2, -0.15) is 4.39 Å². The molecule has 0 saturated heterocycles. The van der Waals surface area contributed by atoms with E-state index in [0.717, 1.165) is 0 Å². The van der Waals surface area contributed by atoms with Crippen molar-refractivity contribution in [1.29, 1.82) is 0 Å². The van der Waals surface area contributed by atoms with Crippen LogP contribution < -0.4 is 0 Å². The SMILES string of the molecule is CCOC(=O)c1nc2ccccn2c1-c1ccc(F)nc1. The highest BCUT2D eigenvalue weighted by Gasteiger charge is 2.21. The van der Waals surface area contributed by atoms with E-state index in [0.29, 0.717) is 16.9 Å². The van der Waals surface area contributed by atoms with Crippen LogP contribution >= 0.6 is 0 Å². The summed E-state index contributed by atoms with van der Waals surface area (Å²) in [6.07, 6.45) is 3.15. The van der Waals surface area contributed by atoms with Crippen molar-refractivity contribution in [1.82, 2.24) is 14.4 Å². The Labute approximate surface area is 120 Å². The number of fused-ring (bicyclic) bond motifs is 1. The predicted octanol–water partition coefficient (Wildman–Crippen LogP) is 2.71. The number of halogens is 1. The molecule has 0 amide bonds. The van der Waals surface area contributed by atoms with E-state index in [2.05, 4.69) is 9.97 Å². The summed E-state index contributed by atoms with van der Waals surface area (Å²) in [4.78, 5) is 20.0. The van der Waals surface area contributed by atoms with E-state index in [9.17, 15) is 9.18 Å². The van der Waals surface area contributed by atoms with Gasteiger partial charge in [-0.15, -0.1) is 0 Å². The van der Waals surface area contributed by atoms with Crippen molar-refractivity contribution in [3.8, 4) is 11.3 Å². The van der Waals surface area contributed by atoms with Crippen LogP contribution in [0.2, 0.25) is 0 Å². The molecule has 0 unspecified atom stereocenters. The molecule has 0 radical (unpaired) electrons. The summed E-state index contributed by atoms with van der Waals surface area (Å²) < 4.78 is 19.8. The lowest BCUT2D eigenvalue weighted by molar-refractivity contribution is 0.0521. The Morgan fingerprint density at radius 2 is 2.19 bits per heavy atom. The summed E-state index contributed by atoms with van der Waals surface area (Å²) in [5.41, 5.74) is 1.94. The Morgan fingerprint density at radius 1 is 1.33 bits per heavy atom. The van der Waals surface area contributed by atoms with Crippen LogP contribution in [-0.4, -0.2) is 26.9 Å². The molecule has 3 aromatic heterocycles. The molecule has 6 heteroatoms. The van der Waals surface area contributed by atoms with Gasteiger partial charge in [-0.1, -0.05) is 6.07 Å². The zero-order valence-corrected chi connectivity index (χ0v) is 11.3. The molecule has 0 bridgehead atoms. The molecule has 5 nitrogen and oxygen atoms in total. The summed E-state index contributed by atoms with van der Waals surface area (Å²) in [7, 11) is 0. The molecule has 3 aromatic rings. The fraction of sp³-hybridized carbons (Fsp3) is 0.133. The first-order valence-corrected chi connectivity index (χ1v) is 6.47. The first kappa shape index (κ1) is 13.2. The van der Waals surface area contributed by atoms with E-state index < -0.39 is 11.9 Å². The maximum Gasteiger partial charge on any atom is 0.359 e. The number of carbonyl (C=O) groups is 1. The van der Waals surface area contributed by atoms with Crippen LogP contribution in [0.3, 0.4) is 0 Å². The number of imidazole rings is 1. The van der Waals surface area contributed by atoms with Crippen molar-refractivity contribution in [2.75, 3.05) is 6.61 Å². The number of rotatable bonds is 3. The highest BCUT2D eigenvalue weighted by atomic mass is 19.1. The van der Waals surface area contributed by atoms with Crippen LogP contribution in [0.1, 0.15) is 17.4 Å². The molecule has 0 aliphatic rings. The van der Waals surface area contributed by atoms with Gasteiger partial charge in [0.1, 0.15) is 5.65 Å². The second-order valence-corrected chi connectivity index (χ2v) is 4.33. The largest absolute Gasteiger partial charge is 0.461 e. The molecule has 106 valence electrons. The molecule has 0 aliphatic heterocycles. The van der Waals surface area contributed by atoms with Crippen molar-refractivity contribution in [2.45, 2.75) is 6.92 Å². The molecule has 0 N–H and O–H groups in total. The van der Waals surface area contributed by atoms with Crippen LogP contribution in [0, 0.1) is 5.95 Å². The van der Waals surface area contributed by atoms with Crippen LogP contribution in [0.4, 0.5) is 4.39 Å². The van der Waals surface area contributed by atoms with Crippen LogP contribution in [0.5, 0.6) is 0 Å². The lowest BCUT2D eigenvalue weighted by Crippen LogP contribution is -2.07. The monoisotopic (exact) mass is 285 g/mol. The highest BCUT2D eigenvalue weighted by Crippen LogP contribution is 2.25. The van der Waals surface area contributed by atoms with Gasteiger partial charge in [-0.05, 0) is 31.2 Å². The van der Waals surface area contributed by atoms with Crippen molar-refractivity contribution in [3.05, 3.63) is 54.4 Å². The predicted molar refractivity (Wildman–Crippen MR) is 74.3 cm³/mol. The molecule has 0 aromatic carbocycles. The first-order chi connectivity index (χ1) is 10.2. The highest BCUT2D eigenvalue weighted by molar-refractivity contribution is 5.95. The van der Waals surface area contributed by atoms with Crippen molar-refractivity contribution < 1.29 is 13.9 Å². The number of hydrogen-bond acceptors (Lipinski definition) is 4. The Hall–Kier alpha value is -2.76.